The Morgan fingerprint density at radius 3 is 2.33 bits per heavy atom. The Morgan fingerprint density at radius 2 is 1.57 bits per heavy atom. The number of hydrogen-bond donors (Lipinski definition) is 1. The Balaban J connectivity index is 1.51. The third-order valence-corrected chi connectivity index (χ3v) is 6.57. The normalized spacial score (nSPS) is 21.5. The van der Waals surface area contributed by atoms with Gasteiger partial charge in [-0.3, -0.25) is 9.59 Å². The van der Waals surface area contributed by atoms with Gasteiger partial charge in [-0.25, -0.2) is 0 Å². The van der Waals surface area contributed by atoms with E-state index in [0.29, 0.717) is 19.3 Å². The molecule has 0 radical (unpaired) electrons. The molecule has 2 atom stereocenters. The average Bonchev–Trinajstić information content (AvgIpc) is 2.78. The summed E-state index contributed by atoms with van der Waals surface area (Å²) in [7, 11) is 0. The van der Waals surface area contributed by atoms with Crippen LogP contribution in [0.15, 0.2) is 78.0 Å². The summed E-state index contributed by atoms with van der Waals surface area (Å²) in [6, 6.07) is 23.0. The lowest BCUT2D eigenvalue weighted by molar-refractivity contribution is -0.122. The fourth-order valence-electron chi connectivity index (χ4n) is 4.93. The number of benzene rings is 3. The van der Waals surface area contributed by atoms with Crippen LogP contribution in [0.2, 0.25) is 0 Å². The van der Waals surface area contributed by atoms with Crippen LogP contribution in [-0.4, -0.2) is 11.7 Å². The van der Waals surface area contributed by atoms with Crippen LogP contribution in [0.4, 0.5) is 0 Å². The molecule has 3 aromatic rings. The Kier molecular flexibility index (Phi) is 4.74. The van der Waals surface area contributed by atoms with Crippen molar-refractivity contribution < 1.29 is 9.59 Å². The van der Waals surface area contributed by atoms with Crippen LogP contribution >= 0.6 is 0 Å². The molecule has 0 saturated carbocycles. The predicted molar refractivity (Wildman–Crippen MR) is 119 cm³/mol. The molecular weight excluding hydrogens is 370 g/mol. The highest BCUT2D eigenvalue weighted by molar-refractivity contribution is 6.02. The third kappa shape index (κ3) is 3.35. The lowest BCUT2D eigenvalue weighted by Crippen LogP contribution is -2.38. The number of nitrogens with one attached hydrogen (secondary N) is 1. The van der Waals surface area contributed by atoms with Crippen molar-refractivity contribution in [2.24, 2.45) is 0 Å². The van der Waals surface area contributed by atoms with Gasteiger partial charge in [-0.2, -0.15) is 0 Å². The first-order valence-electron chi connectivity index (χ1n) is 10.8. The van der Waals surface area contributed by atoms with E-state index in [0.717, 1.165) is 28.6 Å². The van der Waals surface area contributed by atoms with Crippen molar-refractivity contribution in [2.75, 3.05) is 0 Å². The van der Waals surface area contributed by atoms with Crippen LogP contribution in [0.25, 0.3) is 10.8 Å². The quantitative estimate of drug-likeness (QED) is 0.645. The molecule has 150 valence electrons. The summed E-state index contributed by atoms with van der Waals surface area (Å²) in [6.07, 6.45) is 2.55. The molecule has 5 rings (SSSR count). The minimum atomic E-state index is -0.158. The summed E-state index contributed by atoms with van der Waals surface area (Å²) in [5, 5.41) is 5.33. The van der Waals surface area contributed by atoms with E-state index in [2.05, 4.69) is 66.8 Å². The van der Waals surface area contributed by atoms with Gasteiger partial charge in [0.25, 0.3) is 0 Å². The molecule has 1 heterocycles. The minimum absolute atomic E-state index is 0.00156. The first-order valence-corrected chi connectivity index (χ1v) is 10.8. The molecule has 2 unspecified atom stereocenters. The summed E-state index contributed by atoms with van der Waals surface area (Å²) in [6.45, 7) is 2.14. The Bertz CT molecular complexity index is 1170. The van der Waals surface area contributed by atoms with Gasteiger partial charge in [-0.05, 0) is 46.2 Å². The molecule has 1 aliphatic heterocycles. The van der Waals surface area contributed by atoms with Gasteiger partial charge in [-0.1, -0.05) is 73.7 Å². The summed E-state index contributed by atoms with van der Waals surface area (Å²) in [4.78, 5) is 25.8. The number of aryl methyl sites for hydroxylation is 1. The standard InChI is InChI=1S/C27H25NO2/c1-2-17-7-9-19(10-8-17)22-14-24-27(25(29)15-22)23(16-26(30)28-24)21-12-11-18-5-3-4-6-20(18)13-21/h3-13,22-23H,2,14-16H2,1H3,(H,28,30). The molecule has 3 aromatic carbocycles. The van der Waals surface area contributed by atoms with Crippen LogP contribution in [-0.2, 0) is 16.0 Å². The van der Waals surface area contributed by atoms with Crippen molar-refractivity contribution in [3.05, 3.63) is 94.7 Å². The number of hydrogen-bond acceptors (Lipinski definition) is 2. The van der Waals surface area contributed by atoms with Gasteiger partial charge in [0.1, 0.15) is 0 Å². The van der Waals surface area contributed by atoms with Gasteiger partial charge >= 0.3 is 0 Å². The second kappa shape index (κ2) is 7.56. The number of fused-ring (bicyclic) bond motifs is 1. The number of carbonyl (C=O) groups is 2. The van der Waals surface area contributed by atoms with Crippen molar-refractivity contribution in [2.45, 2.75) is 44.4 Å². The van der Waals surface area contributed by atoms with Gasteiger partial charge in [0.2, 0.25) is 5.91 Å². The zero-order chi connectivity index (χ0) is 20.7. The number of amides is 1. The largest absolute Gasteiger partial charge is 0.329 e. The maximum absolute atomic E-state index is 13.3. The summed E-state index contributed by atoms with van der Waals surface area (Å²) in [5.74, 6) is 0.132. The van der Waals surface area contributed by atoms with Crippen LogP contribution < -0.4 is 5.32 Å². The molecule has 0 spiro atoms. The second-order valence-electron chi connectivity index (χ2n) is 8.43. The topological polar surface area (TPSA) is 46.2 Å². The fourth-order valence-corrected chi connectivity index (χ4v) is 4.93. The molecule has 3 heteroatoms. The predicted octanol–water partition coefficient (Wildman–Crippen LogP) is 5.41. The van der Waals surface area contributed by atoms with E-state index >= 15 is 0 Å². The number of ketones is 1. The first kappa shape index (κ1) is 18.8. The summed E-state index contributed by atoms with van der Waals surface area (Å²) >= 11 is 0. The van der Waals surface area contributed by atoms with Crippen molar-refractivity contribution in [3.63, 3.8) is 0 Å². The lowest BCUT2D eigenvalue weighted by Gasteiger charge is -2.34. The molecule has 1 amide bonds. The Morgan fingerprint density at radius 1 is 0.833 bits per heavy atom. The van der Waals surface area contributed by atoms with Crippen LogP contribution in [0.3, 0.4) is 0 Å². The highest BCUT2D eigenvalue weighted by Gasteiger charge is 2.38. The molecule has 3 nitrogen and oxygen atoms in total. The molecule has 0 aromatic heterocycles. The van der Waals surface area contributed by atoms with Gasteiger partial charge < -0.3 is 5.32 Å². The molecule has 0 fully saturated rings. The fraction of sp³-hybridized carbons (Fsp3) is 0.259. The molecule has 0 saturated heterocycles. The van der Waals surface area contributed by atoms with Crippen LogP contribution in [0, 0.1) is 0 Å². The molecule has 1 N–H and O–H groups in total. The Labute approximate surface area is 176 Å². The van der Waals surface area contributed by atoms with Gasteiger partial charge in [0.05, 0.1) is 0 Å². The number of carbonyl (C=O) groups excluding carboxylic acids is 2. The highest BCUT2D eigenvalue weighted by atomic mass is 16.2. The average molecular weight is 396 g/mol. The number of Topliss-reactive ketones (excluding diaryl/α,β-unsaturated/α-hetero) is 1. The first-order chi connectivity index (χ1) is 14.6. The van der Waals surface area contributed by atoms with Crippen LogP contribution in [0.1, 0.15) is 54.7 Å². The van der Waals surface area contributed by atoms with E-state index in [1.165, 1.54) is 16.5 Å². The third-order valence-electron chi connectivity index (χ3n) is 6.57. The molecule has 2 aliphatic rings. The summed E-state index contributed by atoms with van der Waals surface area (Å²) in [5.41, 5.74) is 5.16. The van der Waals surface area contributed by atoms with Gasteiger partial charge in [-0.15, -0.1) is 0 Å². The van der Waals surface area contributed by atoms with E-state index < -0.39 is 0 Å². The molecule has 30 heavy (non-hydrogen) atoms. The van der Waals surface area contributed by atoms with Gasteiger partial charge in [0.15, 0.2) is 5.78 Å². The SMILES string of the molecule is CCc1ccc(C2CC(=O)C3=C(C2)NC(=O)CC3c2ccc3ccccc3c2)cc1. The van der Waals surface area contributed by atoms with E-state index in [9.17, 15) is 9.59 Å². The van der Waals surface area contributed by atoms with E-state index in [1.807, 2.05) is 12.1 Å². The van der Waals surface area contributed by atoms with Gasteiger partial charge in [0, 0.05) is 30.0 Å². The van der Waals surface area contributed by atoms with Crippen molar-refractivity contribution in [3.8, 4) is 0 Å². The maximum Gasteiger partial charge on any atom is 0.225 e. The number of allylic oxidation sites excluding steroid dienone is 2. The molecule has 0 bridgehead atoms. The van der Waals surface area contributed by atoms with Crippen molar-refractivity contribution in [1.82, 2.24) is 5.32 Å². The van der Waals surface area contributed by atoms with Crippen molar-refractivity contribution >= 4 is 22.5 Å². The van der Waals surface area contributed by atoms with E-state index in [1.54, 1.807) is 0 Å². The highest BCUT2D eigenvalue weighted by Crippen LogP contribution is 2.43. The van der Waals surface area contributed by atoms with Crippen molar-refractivity contribution in [1.29, 1.82) is 0 Å². The monoisotopic (exact) mass is 395 g/mol. The number of rotatable bonds is 3. The zero-order valence-electron chi connectivity index (χ0n) is 17.2. The molecular formula is C27H25NO2. The lowest BCUT2D eigenvalue weighted by atomic mass is 9.73. The molecule has 1 aliphatic carbocycles. The maximum atomic E-state index is 13.3. The smallest absolute Gasteiger partial charge is 0.225 e. The van der Waals surface area contributed by atoms with E-state index in [4.69, 9.17) is 0 Å². The Hall–Kier alpha value is -3.20. The zero-order valence-corrected chi connectivity index (χ0v) is 17.2. The minimum Gasteiger partial charge on any atom is -0.329 e. The van der Waals surface area contributed by atoms with E-state index in [-0.39, 0.29) is 23.5 Å². The second-order valence-corrected chi connectivity index (χ2v) is 8.43. The summed E-state index contributed by atoms with van der Waals surface area (Å²) < 4.78 is 0. The van der Waals surface area contributed by atoms with Crippen LogP contribution in [0.5, 0.6) is 0 Å².